The fourth-order valence-corrected chi connectivity index (χ4v) is 2.82. The first-order valence-electron chi connectivity index (χ1n) is 7.42. The standard InChI is InChI=1S/C16H19N3O2/c1-12(20)19-11-7-3-6-10-14(19)15-17-16(21-18-15)13-8-4-2-5-9-13/h2,4-5,8-9,14H,3,6-7,10-11H2,1H3. The van der Waals surface area contributed by atoms with Gasteiger partial charge >= 0.3 is 0 Å². The normalized spacial score (nSPS) is 19.3. The van der Waals surface area contributed by atoms with Crippen molar-refractivity contribution < 1.29 is 9.32 Å². The molecule has 5 nitrogen and oxygen atoms in total. The number of carbonyl (C=O) groups excluding carboxylic acids is 1. The van der Waals surface area contributed by atoms with Crippen LogP contribution in [-0.4, -0.2) is 27.5 Å². The third-order valence-electron chi connectivity index (χ3n) is 3.92. The van der Waals surface area contributed by atoms with Gasteiger partial charge in [0.15, 0.2) is 5.82 Å². The predicted molar refractivity (Wildman–Crippen MR) is 78.3 cm³/mol. The lowest BCUT2D eigenvalue weighted by Crippen LogP contribution is -2.33. The van der Waals surface area contributed by atoms with E-state index in [0.29, 0.717) is 11.7 Å². The van der Waals surface area contributed by atoms with E-state index in [0.717, 1.165) is 37.8 Å². The highest BCUT2D eigenvalue weighted by Crippen LogP contribution is 2.29. The van der Waals surface area contributed by atoms with E-state index < -0.39 is 0 Å². The summed E-state index contributed by atoms with van der Waals surface area (Å²) in [6, 6.07) is 9.63. The van der Waals surface area contributed by atoms with Crippen LogP contribution >= 0.6 is 0 Å². The zero-order valence-corrected chi connectivity index (χ0v) is 12.2. The lowest BCUT2D eigenvalue weighted by molar-refractivity contribution is -0.131. The molecular weight excluding hydrogens is 266 g/mol. The number of hydrogen-bond acceptors (Lipinski definition) is 4. The molecule has 0 saturated carbocycles. The lowest BCUT2D eigenvalue weighted by Gasteiger charge is -2.26. The van der Waals surface area contributed by atoms with Crippen molar-refractivity contribution in [1.82, 2.24) is 15.0 Å². The van der Waals surface area contributed by atoms with Crippen LogP contribution < -0.4 is 0 Å². The topological polar surface area (TPSA) is 59.2 Å². The minimum atomic E-state index is -0.0637. The highest BCUT2D eigenvalue weighted by atomic mass is 16.5. The number of benzene rings is 1. The number of carbonyl (C=O) groups is 1. The van der Waals surface area contributed by atoms with E-state index >= 15 is 0 Å². The summed E-state index contributed by atoms with van der Waals surface area (Å²) in [4.78, 5) is 18.2. The van der Waals surface area contributed by atoms with Gasteiger partial charge in [0.1, 0.15) is 0 Å². The van der Waals surface area contributed by atoms with Crippen molar-refractivity contribution in [3.05, 3.63) is 36.2 Å². The second kappa shape index (κ2) is 6.08. The van der Waals surface area contributed by atoms with Gasteiger partial charge in [-0.2, -0.15) is 4.98 Å². The van der Waals surface area contributed by atoms with Gasteiger partial charge in [-0.05, 0) is 25.0 Å². The Morgan fingerprint density at radius 1 is 1.24 bits per heavy atom. The summed E-state index contributed by atoms with van der Waals surface area (Å²) in [5, 5.41) is 4.11. The minimum absolute atomic E-state index is 0.0637. The zero-order chi connectivity index (χ0) is 14.7. The molecule has 21 heavy (non-hydrogen) atoms. The zero-order valence-electron chi connectivity index (χ0n) is 12.2. The molecule has 0 aliphatic carbocycles. The largest absolute Gasteiger partial charge is 0.334 e. The molecule has 3 rings (SSSR count). The highest BCUT2D eigenvalue weighted by molar-refractivity contribution is 5.73. The number of likely N-dealkylation sites (tertiary alicyclic amines) is 1. The Labute approximate surface area is 124 Å². The number of aromatic nitrogens is 2. The summed E-state index contributed by atoms with van der Waals surface area (Å²) in [6.45, 7) is 2.38. The molecule has 1 unspecified atom stereocenters. The summed E-state index contributed by atoms with van der Waals surface area (Å²) in [7, 11) is 0. The molecule has 1 aromatic carbocycles. The molecule has 1 fully saturated rings. The third kappa shape index (κ3) is 2.96. The number of hydrogen-bond donors (Lipinski definition) is 0. The number of amides is 1. The third-order valence-corrected chi connectivity index (χ3v) is 3.92. The van der Waals surface area contributed by atoms with Crippen LogP contribution in [0.4, 0.5) is 0 Å². The molecule has 0 radical (unpaired) electrons. The molecule has 5 heteroatoms. The van der Waals surface area contributed by atoms with Gasteiger partial charge in [-0.3, -0.25) is 4.79 Å². The minimum Gasteiger partial charge on any atom is -0.334 e. The molecule has 110 valence electrons. The molecule has 1 atom stereocenters. The first-order valence-corrected chi connectivity index (χ1v) is 7.42. The van der Waals surface area contributed by atoms with Gasteiger partial charge in [0.25, 0.3) is 5.89 Å². The Balaban J connectivity index is 1.88. The second-order valence-corrected chi connectivity index (χ2v) is 5.40. The van der Waals surface area contributed by atoms with Crippen LogP contribution in [0.1, 0.15) is 44.5 Å². The quantitative estimate of drug-likeness (QED) is 0.850. The molecule has 0 N–H and O–H groups in total. The molecule has 2 aromatic rings. The Bertz CT molecular complexity index is 609. The van der Waals surface area contributed by atoms with Crippen molar-refractivity contribution in [3.8, 4) is 11.5 Å². The van der Waals surface area contributed by atoms with Gasteiger partial charge in [0.05, 0.1) is 6.04 Å². The molecule has 1 aromatic heterocycles. The van der Waals surface area contributed by atoms with Crippen LogP contribution in [0.25, 0.3) is 11.5 Å². The van der Waals surface area contributed by atoms with Crippen LogP contribution in [-0.2, 0) is 4.79 Å². The van der Waals surface area contributed by atoms with Gasteiger partial charge in [-0.25, -0.2) is 0 Å². The Hall–Kier alpha value is -2.17. The van der Waals surface area contributed by atoms with E-state index in [-0.39, 0.29) is 11.9 Å². The Morgan fingerprint density at radius 3 is 2.81 bits per heavy atom. The molecule has 2 heterocycles. The number of nitrogens with zero attached hydrogens (tertiary/aromatic N) is 3. The Kier molecular flexibility index (Phi) is 3.99. The van der Waals surface area contributed by atoms with Crippen LogP contribution in [0.3, 0.4) is 0 Å². The van der Waals surface area contributed by atoms with Gasteiger partial charge in [-0.15, -0.1) is 0 Å². The fraction of sp³-hybridized carbons (Fsp3) is 0.438. The van der Waals surface area contributed by atoms with Gasteiger partial charge in [0.2, 0.25) is 5.91 Å². The fourth-order valence-electron chi connectivity index (χ4n) is 2.82. The van der Waals surface area contributed by atoms with Crippen LogP contribution in [0.2, 0.25) is 0 Å². The van der Waals surface area contributed by atoms with E-state index in [1.165, 1.54) is 0 Å². The van der Waals surface area contributed by atoms with Crippen molar-refractivity contribution >= 4 is 5.91 Å². The maximum Gasteiger partial charge on any atom is 0.257 e. The van der Waals surface area contributed by atoms with Crippen LogP contribution in [0, 0.1) is 0 Å². The Morgan fingerprint density at radius 2 is 2.05 bits per heavy atom. The molecule has 1 aliphatic heterocycles. The summed E-state index contributed by atoms with van der Waals surface area (Å²) in [5.74, 6) is 1.21. The van der Waals surface area contributed by atoms with Gasteiger partial charge in [0, 0.05) is 19.0 Å². The average Bonchev–Trinajstić information content (AvgIpc) is 2.85. The number of rotatable bonds is 2. The van der Waals surface area contributed by atoms with Crippen molar-refractivity contribution in [2.75, 3.05) is 6.54 Å². The molecule has 1 saturated heterocycles. The van der Waals surface area contributed by atoms with E-state index in [1.807, 2.05) is 35.2 Å². The first-order chi connectivity index (χ1) is 10.3. The van der Waals surface area contributed by atoms with Crippen molar-refractivity contribution in [1.29, 1.82) is 0 Å². The molecule has 0 bridgehead atoms. The van der Waals surface area contributed by atoms with Crippen molar-refractivity contribution in [2.24, 2.45) is 0 Å². The van der Waals surface area contributed by atoms with Crippen molar-refractivity contribution in [3.63, 3.8) is 0 Å². The van der Waals surface area contributed by atoms with Gasteiger partial charge < -0.3 is 9.42 Å². The first kappa shape index (κ1) is 13.8. The smallest absolute Gasteiger partial charge is 0.257 e. The highest BCUT2D eigenvalue weighted by Gasteiger charge is 2.28. The maximum atomic E-state index is 11.9. The monoisotopic (exact) mass is 285 g/mol. The summed E-state index contributed by atoms with van der Waals surface area (Å²) < 4.78 is 5.37. The van der Waals surface area contributed by atoms with E-state index in [1.54, 1.807) is 6.92 Å². The van der Waals surface area contributed by atoms with E-state index in [2.05, 4.69) is 10.1 Å². The maximum absolute atomic E-state index is 11.9. The molecule has 1 aliphatic rings. The van der Waals surface area contributed by atoms with E-state index in [4.69, 9.17) is 4.52 Å². The van der Waals surface area contributed by atoms with Crippen LogP contribution in [0.15, 0.2) is 34.9 Å². The average molecular weight is 285 g/mol. The predicted octanol–water partition coefficient (Wildman–Crippen LogP) is 3.20. The van der Waals surface area contributed by atoms with Gasteiger partial charge in [-0.1, -0.05) is 36.2 Å². The summed E-state index contributed by atoms with van der Waals surface area (Å²) in [6.07, 6.45) is 4.17. The molecular formula is C16H19N3O2. The SMILES string of the molecule is CC(=O)N1CCCCCC1c1noc(-c2ccccc2)n1. The molecule has 1 amide bonds. The second-order valence-electron chi connectivity index (χ2n) is 5.40. The van der Waals surface area contributed by atoms with Crippen LogP contribution in [0.5, 0.6) is 0 Å². The molecule has 0 spiro atoms. The lowest BCUT2D eigenvalue weighted by atomic mass is 10.1. The van der Waals surface area contributed by atoms with Crippen molar-refractivity contribution in [2.45, 2.75) is 38.6 Å². The summed E-state index contributed by atoms with van der Waals surface area (Å²) in [5.41, 5.74) is 0.902. The summed E-state index contributed by atoms with van der Waals surface area (Å²) >= 11 is 0. The van der Waals surface area contributed by atoms with E-state index in [9.17, 15) is 4.79 Å².